The fourth-order valence-corrected chi connectivity index (χ4v) is 16.8. The van der Waals surface area contributed by atoms with Gasteiger partial charge < -0.3 is 93.3 Å². The number of nitrogens with zero attached hydrogens (tertiary/aromatic N) is 5. The third kappa shape index (κ3) is 30.1. The lowest BCUT2D eigenvalue weighted by molar-refractivity contribution is -0.151. The zero-order valence-electron chi connectivity index (χ0n) is 76.0. The molecule has 1 aliphatic rings. The number of amides is 15. The highest BCUT2D eigenvalue weighted by Crippen LogP contribution is 2.25. The molecule has 0 saturated carbocycles. The molecular weight excluding hydrogens is 1720 g/mol. The second-order valence-corrected chi connectivity index (χ2v) is 35.7. The standard InChI is InChI=1S/C97H121N16O17PS/c1-11-12-36-78-95(128)110(7)55-83(117)102-74(51-85(119)131)91(124)108-86(59(4)5)97(130)112(9)79(48-61-28-18-14-19-29-61)92(125)106-75(47-64-37-40-65-32-22-23-33-66(65)44-64)93(126)109(6)54-82(116)101-73(50-67-52-99-70-35-25-24-34-69(67)70)90(123)105-72(45-63-38-41-68(114)42-39-63)89(122)104-71(43-58(2)3)88(121)107-77(87(120)100-53-81(98)115)56-132-57-84(118)103-76(46-60-26-16-13-17-27-60)94(127)113(10)80(96(129)111(78)8)49-62-30-20-15-21-31-62/h13-35,37-42,44,52,58-59,71-80,86,99,114,119,131H,11-12,36,43,45-51,53-57H2,1-10H3,(H2,98,115)(H,100,120)(H,101,116)(H,102,117)(H,103,118)(H,104,122)(H,105,123)(H,106,125)(H,107,121)(H,108,124)/t71-,72-,73-,74-,75-,76-,77-,78-,79-,80-,86-/m0/s1. The number of carbonyl (C=O) groups excluding carboxylic acids is 15. The molecule has 14 N–H and O–H groups in total. The zero-order chi connectivity index (χ0) is 96.0. The Kier molecular flexibility index (Phi) is 38.5. The molecule has 0 radical (unpaired) electrons. The van der Waals surface area contributed by atoms with Crippen LogP contribution in [0.1, 0.15) is 100 Å². The molecular formula is C97H121N16O17PS. The van der Waals surface area contributed by atoms with Crippen LogP contribution < -0.4 is 53.6 Å². The fourth-order valence-electron chi connectivity index (χ4n) is 15.7. The van der Waals surface area contributed by atoms with Crippen LogP contribution in [0.3, 0.4) is 0 Å². The fraction of sp³-hybridized carbons (Fsp3) is 0.402. The molecule has 0 spiro atoms. The first-order chi connectivity index (χ1) is 62.9. The van der Waals surface area contributed by atoms with E-state index in [9.17, 15) is 34.2 Å². The van der Waals surface area contributed by atoms with Crippen LogP contribution in [0.5, 0.6) is 5.75 Å². The van der Waals surface area contributed by atoms with Crippen molar-refractivity contribution in [2.75, 3.05) is 66.4 Å². The number of aliphatic hydroxyl groups is 1. The van der Waals surface area contributed by atoms with Crippen molar-refractivity contribution in [2.45, 2.75) is 172 Å². The number of phenols is 1. The van der Waals surface area contributed by atoms with E-state index in [4.69, 9.17) is 5.73 Å². The van der Waals surface area contributed by atoms with Crippen molar-refractivity contribution in [1.82, 2.24) is 77.3 Å². The molecule has 7 aromatic carbocycles. The number of phenolic OH excluding ortho intramolecular Hbond substituents is 1. The van der Waals surface area contributed by atoms with Gasteiger partial charge in [-0.25, -0.2) is 0 Å². The zero-order valence-corrected chi connectivity index (χ0v) is 77.8. The van der Waals surface area contributed by atoms with Gasteiger partial charge in [0.05, 0.1) is 30.9 Å². The number of aromatic nitrogens is 1. The van der Waals surface area contributed by atoms with Gasteiger partial charge in [-0.15, -0.1) is 11.8 Å². The highest BCUT2D eigenvalue weighted by atomic mass is 32.2. The summed E-state index contributed by atoms with van der Waals surface area (Å²) in [6, 6.07) is 35.7. The second kappa shape index (κ2) is 49.6. The summed E-state index contributed by atoms with van der Waals surface area (Å²) in [5, 5.41) is 48.1. The van der Waals surface area contributed by atoms with Crippen LogP contribution in [-0.2, 0) is 110 Å². The molecule has 35 heteroatoms. The van der Waals surface area contributed by atoms with Gasteiger partial charge in [-0.3, -0.25) is 71.9 Å². The molecule has 2 heterocycles. The van der Waals surface area contributed by atoms with Crippen molar-refractivity contribution in [3.05, 3.63) is 222 Å². The maximum atomic E-state index is 15.6. The Bertz CT molecular complexity index is 5400. The largest absolute Gasteiger partial charge is 0.508 e. The Morgan fingerprint density at radius 1 is 0.477 bits per heavy atom. The predicted octanol–water partition coefficient (Wildman–Crippen LogP) is 4.33. The van der Waals surface area contributed by atoms with Crippen molar-refractivity contribution >= 4 is 136 Å². The summed E-state index contributed by atoms with van der Waals surface area (Å²) in [6.45, 7) is 6.53. The highest BCUT2D eigenvalue weighted by molar-refractivity contribution is 8.00. The number of unbranched alkanes of at least 4 members (excludes halogenated alkanes) is 1. The van der Waals surface area contributed by atoms with Crippen LogP contribution in [0.25, 0.3) is 21.7 Å². The Morgan fingerprint density at radius 3 is 1.55 bits per heavy atom. The third-order valence-corrected chi connectivity index (χ3v) is 24.2. The minimum Gasteiger partial charge on any atom is -0.508 e. The number of likely N-dealkylation sites (N-methyl/N-ethyl adjacent to an activating group) is 5. The first kappa shape index (κ1) is 102. The molecule has 15 amide bonds. The van der Waals surface area contributed by atoms with Crippen LogP contribution in [0.2, 0.25) is 0 Å². The van der Waals surface area contributed by atoms with Crippen molar-refractivity contribution in [2.24, 2.45) is 17.6 Å². The van der Waals surface area contributed by atoms with Crippen LogP contribution in [-0.4, -0.2) is 267 Å². The number of benzene rings is 7. The van der Waals surface area contributed by atoms with Crippen molar-refractivity contribution in [3.63, 3.8) is 0 Å². The second-order valence-electron chi connectivity index (χ2n) is 34.1. The van der Waals surface area contributed by atoms with Crippen molar-refractivity contribution < 1.29 is 82.1 Å². The molecule has 1 fully saturated rings. The molecule has 0 bridgehead atoms. The predicted molar refractivity (Wildman–Crippen MR) is 506 cm³/mol. The van der Waals surface area contributed by atoms with E-state index in [1.165, 1.54) is 69.3 Å². The quantitative estimate of drug-likeness (QED) is 0.0396. The summed E-state index contributed by atoms with van der Waals surface area (Å²) < 4.78 is 0. The Balaban J connectivity index is 1.12. The molecule has 0 unspecified atom stereocenters. The molecule has 1 aromatic heterocycles. The smallest absolute Gasteiger partial charge is 0.246 e. The number of para-hydroxylation sites is 1. The number of carbonyl (C=O) groups is 15. The minimum atomic E-state index is -1.63. The summed E-state index contributed by atoms with van der Waals surface area (Å²) in [6.07, 6.45) is 0.972. The van der Waals surface area contributed by atoms with Crippen LogP contribution in [0.15, 0.2) is 188 Å². The number of rotatable bonds is 23. The number of primary amides is 1. The van der Waals surface area contributed by atoms with Crippen LogP contribution in [0, 0.1) is 11.8 Å². The number of fused-ring (bicyclic) bond motifs is 2. The number of nitrogens with one attached hydrogen (secondary N) is 10. The molecule has 132 heavy (non-hydrogen) atoms. The molecule has 33 nitrogen and oxygen atoms in total. The Labute approximate surface area is 774 Å². The Hall–Kier alpha value is -13.3. The first-order valence-electron chi connectivity index (χ1n) is 44.0. The van der Waals surface area contributed by atoms with Gasteiger partial charge in [0.25, 0.3) is 0 Å². The van der Waals surface area contributed by atoms with E-state index in [2.05, 4.69) is 61.7 Å². The molecule has 702 valence electrons. The van der Waals surface area contributed by atoms with Crippen molar-refractivity contribution in [3.8, 4) is 5.75 Å². The highest BCUT2D eigenvalue weighted by Gasteiger charge is 2.42. The van der Waals surface area contributed by atoms with Crippen LogP contribution in [0.4, 0.5) is 0 Å². The third-order valence-electron chi connectivity index (χ3n) is 23.0. The van der Waals surface area contributed by atoms with E-state index < -0.39 is 198 Å². The van der Waals surface area contributed by atoms with Gasteiger partial charge in [-0.1, -0.05) is 220 Å². The van der Waals surface area contributed by atoms with E-state index in [1.807, 2.05) is 43.3 Å². The monoisotopic (exact) mass is 1840 g/mol. The van der Waals surface area contributed by atoms with Gasteiger partial charge in [0, 0.05) is 103 Å². The van der Waals surface area contributed by atoms with E-state index in [0.29, 0.717) is 57.1 Å². The average Bonchev–Trinajstić information content (AvgIpc) is 0.931. The summed E-state index contributed by atoms with van der Waals surface area (Å²) >= 11 is 0.846. The van der Waals surface area contributed by atoms with Gasteiger partial charge >= 0.3 is 0 Å². The lowest BCUT2D eigenvalue weighted by Crippen LogP contribution is -2.61. The van der Waals surface area contributed by atoms with Gasteiger partial charge in [-0.2, -0.15) is 0 Å². The number of aliphatic hydroxyl groups excluding tert-OH is 1. The van der Waals surface area contributed by atoms with Crippen LogP contribution >= 0.6 is 20.6 Å². The minimum absolute atomic E-state index is 0.0703. The molecule has 1 saturated heterocycles. The van der Waals surface area contributed by atoms with Crippen molar-refractivity contribution in [1.29, 1.82) is 0 Å². The lowest BCUT2D eigenvalue weighted by Gasteiger charge is -2.37. The number of aromatic amines is 1. The molecule has 9 rings (SSSR count). The van der Waals surface area contributed by atoms with E-state index in [0.717, 1.165) is 37.2 Å². The average molecular weight is 1850 g/mol. The van der Waals surface area contributed by atoms with Gasteiger partial charge in [0.1, 0.15) is 72.2 Å². The Morgan fingerprint density at radius 2 is 0.955 bits per heavy atom. The lowest BCUT2D eigenvalue weighted by atomic mass is 9.97. The molecule has 1 aliphatic heterocycles. The normalized spacial score (nSPS) is 21.7. The van der Waals surface area contributed by atoms with E-state index in [1.54, 1.807) is 155 Å². The van der Waals surface area contributed by atoms with Gasteiger partial charge in [0.2, 0.25) is 88.6 Å². The number of hydrogen-bond acceptors (Lipinski definition) is 17. The summed E-state index contributed by atoms with van der Waals surface area (Å²) in [5.41, 5.74) is 8.97. The molecule has 8 aromatic rings. The number of H-pyrrole nitrogens is 1. The van der Waals surface area contributed by atoms with Gasteiger partial charge in [0.15, 0.2) is 0 Å². The SMILES string of the molecule is CCCC[C@H]1C(=O)N(C)CC(=O)N[C@@H](CC(O)=P)C(=O)N[C@@H](C(C)C)C(=O)N(C)[C@@H](Cc2ccccc2)C(=O)N[C@@H](Cc2ccc3ccccc3c2)C(=O)N(C)CC(=O)N[C@@H](Cc2c[nH]c3ccccc23)C(=O)N[C@@H](Cc2ccc(O)cc2)C(=O)N[C@@H](CC(C)C)C(=O)N[C@H](C(=O)NCC(N)=O)CSCC(=O)N[C@@H](Cc2ccccc2)C(=O)N(C)[C@@H](Cc2ccccc2)C(=O)N1C. The topological polar surface area (TPSA) is 463 Å². The first-order valence-corrected chi connectivity index (χ1v) is 45.6. The summed E-state index contributed by atoms with van der Waals surface area (Å²) in [5.74, 6) is -14.8. The van der Waals surface area contributed by atoms with E-state index in [-0.39, 0.29) is 68.8 Å². The summed E-state index contributed by atoms with van der Waals surface area (Å²) in [7, 11) is 9.87. The maximum Gasteiger partial charge on any atom is 0.246 e. The number of thioether (sulfide) groups is 1. The molecule has 11 atom stereocenters. The number of aromatic hydroxyl groups is 1. The van der Waals surface area contributed by atoms with E-state index >= 15 is 47.9 Å². The number of nitrogens with two attached hydrogens (primary N) is 1. The maximum absolute atomic E-state index is 15.6. The van der Waals surface area contributed by atoms with Gasteiger partial charge in [-0.05, 0) is 87.0 Å². The number of hydrogen-bond donors (Lipinski definition) is 13. The summed E-state index contributed by atoms with van der Waals surface area (Å²) in [4.78, 5) is 233. The molecule has 0 aliphatic carbocycles.